The molecule has 122 valence electrons. The lowest BCUT2D eigenvalue weighted by Crippen LogP contribution is -2.01. The Morgan fingerprint density at radius 2 is 1.28 bits per heavy atom. The van der Waals surface area contributed by atoms with E-state index in [1.807, 2.05) is 72.8 Å². The van der Waals surface area contributed by atoms with Gasteiger partial charge in [0.15, 0.2) is 0 Å². The minimum absolute atomic E-state index is 0.727. The maximum Gasteiger partial charge on any atom is 0.113 e. The molecule has 0 saturated heterocycles. The minimum atomic E-state index is 0.727. The van der Waals surface area contributed by atoms with Crippen LogP contribution in [0, 0.1) is 0 Å². The zero-order valence-corrected chi connectivity index (χ0v) is 13.5. The number of benzene rings is 3. The first kappa shape index (κ1) is 15.0. The number of hydrogen-bond acceptors (Lipinski definition) is 4. The number of nitrogen functional groups attached to an aromatic ring is 2. The van der Waals surface area contributed by atoms with Gasteiger partial charge < -0.3 is 11.5 Å². The van der Waals surface area contributed by atoms with Gasteiger partial charge in [0.1, 0.15) is 5.69 Å². The second-order valence-electron chi connectivity index (χ2n) is 5.78. The maximum atomic E-state index is 5.79. The van der Waals surface area contributed by atoms with E-state index in [1.165, 1.54) is 0 Å². The molecule has 0 fully saturated rings. The molecule has 4 N–H and O–H groups in total. The molecule has 4 rings (SSSR count). The molecule has 0 amide bonds. The zero-order valence-electron chi connectivity index (χ0n) is 13.5. The molecule has 0 saturated carbocycles. The van der Waals surface area contributed by atoms with Crippen molar-refractivity contribution in [2.24, 2.45) is 0 Å². The fraction of sp³-hybridized carbons (Fsp3) is 0. The molecule has 0 aliphatic carbocycles. The van der Waals surface area contributed by atoms with Crippen LogP contribution in [-0.4, -0.2) is 15.0 Å². The lowest BCUT2D eigenvalue weighted by molar-refractivity contribution is 0.755. The average molecular weight is 327 g/mol. The predicted molar refractivity (Wildman–Crippen MR) is 101 cm³/mol. The number of hydrogen-bond donors (Lipinski definition) is 2. The molecule has 0 aliphatic heterocycles. The second kappa shape index (κ2) is 6.13. The maximum absolute atomic E-state index is 5.79. The van der Waals surface area contributed by atoms with E-state index in [0.717, 1.165) is 39.4 Å². The molecule has 0 unspecified atom stereocenters. The second-order valence-corrected chi connectivity index (χ2v) is 5.78. The molecule has 3 aromatic carbocycles. The van der Waals surface area contributed by atoms with Gasteiger partial charge in [-0.2, -0.15) is 9.90 Å². The van der Waals surface area contributed by atoms with Gasteiger partial charge in [0.25, 0.3) is 0 Å². The van der Waals surface area contributed by atoms with E-state index in [-0.39, 0.29) is 0 Å². The summed E-state index contributed by atoms with van der Waals surface area (Å²) in [6.07, 6.45) is 1.76. The van der Waals surface area contributed by atoms with Crippen LogP contribution in [0.4, 0.5) is 11.4 Å². The summed E-state index contributed by atoms with van der Waals surface area (Å²) in [4.78, 5) is 1.65. The predicted octanol–water partition coefficient (Wildman–Crippen LogP) is 3.77. The lowest BCUT2D eigenvalue weighted by Gasteiger charge is -2.09. The largest absolute Gasteiger partial charge is 0.399 e. The van der Waals surface area contributed by atoms with E-state index >= 15 is 0 Å². The fourth-order valence-corrected chi connectivity index (χ4v) is 2.72. The van der Waals surface area contributed by atoms with Crippen molar-refractivity contribution in [3.63, 3.8) is 0 Å². The Hall–Kier alpha value is -3.60. The van der Waals surface area contributed by atoms with E-state index < -0.39 is 0 Å². The molecule has 5 heteroatoms. The number of rotatable bonds is 3. The Morgan fingerprint density at radius 3 is 1.96 bits per heavy atom. The van der Waals surface area contributed by atoms with Gasteiger partial charge in [0, 0.05) is 22.5 Å². The van der Waals surface area contributed by atoms with Crippen LogP contribution in [0.25, 0.3) is 28.1 Å². The molecule has 0 aliphatic rings. The monoisotopic (exact) mass is 327 g/mol. The van der Waals surface area contributed by atoms with Gasteiger partial charge in [0.2, 0.25) is 0 Å². The zero-order chi connectivity index (χ0) is 17.2. The highest BCUT2D eigenvalue weighted by molar-refractivity contribution is 5.74. The van der Waals surface area contributed by atoms with E-state index in [0.29, 0.717) is 0 Å². The van der Waals surface area contributed by atoms with Gasteiger partial charge in [-0.05, 0) is 35.9 Å². The van der Waals surface area contributed by atoms with Crippen molar-refractivity contribution in [2.45, 2.75) is 0 Å². The molecule has 1 aromatic heterocycles. The SMILES string of the molecule is Nc1ccc(-c2cnn(-c3ccccc3-c3ccc(N)cc3)n2)cc1. The first-order chi connectivity index (χ1) is 12.2. The Kier molecular flexibility index (Phi) is 3.67. The van der Waals surface area contributed by atoms with Crippen LogP contribution < -0.4 is 11.5 Å². The number of nitrogens with zero attached hydrogens (tertiary/aromatic N) is 3. The third-order valence-electron chi connectivity index (χ3n) is 4.04. The van der Waals surface area contributed by atoms with Crippen LogP contribution in [0.3, 0.4) is 0 Å². The van der Waals surface area contributed by atoms with Crippen LogP contribution in [0.5, 0.6) is 0 Å². The van der Waals surface area contributed by atoms with Crippen molar-refractivity contribution in [3.05, 3.63) is 79.0 Å². The molecular formula is C20H17N5. The smallest absolute Gasteiger partial charge is 0.113 e. The van der Waals surface area contributed by atoms with Crippen molar-refractivity contribution in [2.75, 3.05) is 11.5 Å². The highest BCUT2D eigenvalue weighted by atomic mass is 15.5. The number of para-hydroxylation sites is 1. The molecule has 1 heterocycles. The lowest BCUT2D eigenvalue weighted by atomic mass is 10.0. The minimum Gasteiger partial charge on any atom is -0.399 e. The number of anilines is 2. The summed E-state index contributed by atoms with van der Waals surface area (Å²) in [5.41, 5.74) is 17.8. The molecular weight excluding hydrogens is 310 g/mol. The number of aromatic nitrogens is 3. The molecule has 5 nitrogen and oxygen atoms in total. The third-order valence-corrected chi connectivity index (χ3v) is 4.04. The topological polar surface area (TPSA) is 82.8 Å². The van der Waals surface area contributed by atoms with Crippen molar-refractivity contribution < 1.29 is 0 Å². The summed E-state index contributed by atoms with van der Waals surface area (Å²) >= 11 is 0. The molecule has 4 aromatic rings. The third kappa shape index (κ3) is 2.95. The van der Waals surface area contributed by atoms with Crippen LogP contribution in [-0.2, 0) is 0 Å². The Bertz CT molecular complexity index is 1000. The van der Waals surface area contributed by atoms with Gasteiger partial charge in [0.05, 0.1) is 11.9 Å². The summed E-state index contributed by atoms with van der Waals surface area (Å²) < 4.78 is 0. The van der Waals surface area contributed by atoms with Crippen molar-refractivity contribution in [3.8, 4) is 28.1 Å². The quantitative estimate of drug-likeness (QED) is 0.561. The van der Waals surface area contributed by atoms with E-state index in [1.54, 1.807) is 11.0 Å². The van der Waals surface area contributed by atoms with Gasteiger partial charge in [-0.1, -0.05) is 42.5 Å². The van der Waals surface area contributed by atoms with E-state index in [4.69, 9.17) is 11.5 Å². The normalized spacial score (nSPS) is 10.7. The molecule has 0 spiro atoms. The molecule has 25 heavy (non-hydrogen) atoms. The summed E-state index contributed by atoms with van der Waals surface area (Å²) in [7, 11) is 0. The van der Waals surface area contributed by atoms with Gasteiger partial charge in [-0.3, -0.25) is 0 Å². The van der Waals surface area contributed by atoms with Crippen molar-refractivity contribution in [1.82, 2.24) is 15.0 Å². The van der Waals surface area contributed by atoms with Crippen molar-refractivity contribution in [1.29, 1.82) is 0 Å². The van der Waals surface area contributed by atoms with Crippen molar-refractivity contribution >= 4 is 11.4 Å². The Morgan fingerprint density at radius 1 is 0.680 bits per heavy atom. The average Bonchev–Trinajstić information content (AvgIpc) is 3.13. The Balaban J connectivity index is 1.76. The van der Waals surface area contributed by atoms with Crippen LogP contribution in [0.1, 0.15) is 0 Å². The van der Waals surface area contributed by atoms with E-state index in [9.17, 15) is 0 Å². The summed E-state index contributed by atoms with van der Waals surface area (Å²) in [5.74, 6) is 0. The van der Waals surface area contributed by atoms with Crippen LogP contribution in [0.15, 0.2) is 79.0 Å². The molecule has 0 atom stereocenters. The van der Waals surface area contributed by atoms with Gasteiger partial charge in [-0.15, -0.1) is 5.10 Å². The van der Waals surface area contributed by atoms with E-state index in [2.05, 4.69) is 10.2 Å². The summed E-state index contributed by atoms with van der Waals surface area (Å²) in [6.45, 7) is 0. The van der Waals surface area contributed by atoms with Gasteiger partial charge >= 0.3 is 0 Å². The first-order valence-electron chi connectivity index (χ1n) is 7.94. The molecule has 0 bridgehead atoms. The van der Waals surface area contributed by atoms with Crippen LogP contribution >= 0.6 is 0 Å². The summed E-state index contributed by atoms with van der Waals surface area (Å²) in [6, 6.07) is 23.4. The fourth-order valence-electron chi connectivity index (χ4n) is 2.72. The first-order valence-corrected chi connectivity index (χ1v) is 7.94. The highest BCUT2D eigenvalue weighted by Gasteiger charge is 2.10. The Labute approximate surface area is 145 Å². The highest BCUT2D eigenvalue weighted by Crippen LogP contribution is 2.27. The van der Waals surface area contributed by atoms with Crippen LogP contribution in [0.2, 0.25) is 0 Å². The number of nitrogens with two attached hydrogens (primary N) is 2. The molecule has 0 radical (unpaired) electrons. The standard InChI is InChI=1S/C20H17N5/c21-16-9-5-14(6-10-16)18-3-1-2-4-20(18)25-23-13-19(24-25)15-7-11-17(22)12-8-15/h1-13H,21-22H2. The van der Waals surface area contributed by atoms with Gasteiger partial charge in [-0.25, -0.2) is 0 Å². The summed E-state index contributed by atoms with van der Waals surface area (Å²) in [5, 5.41) is 9.06.